The van der Waals surface area contributed by atoms with Gasteiger partial charge in [-0.3, -0.25) is 0 Å². The summed E-state index contributed by atoms with van der Waals surface area (Å²) in [6, 6.07) is 0.811. The number of piperidine rings is 1. The van der Waals surface area contributed by atoms with Gasteiger partial charge in [-0.1, -0.05) is 6.42 Å². The van der Waals surface area contributed by atoms with Crippen LogP contribution in [0.4, 0.5) is 0 Å². The summed E-state index contributed by atoms with van der Waals surface area (Å²) >= 11 is 0. The van der Waals surface area contributed by atoms with E-state index >= 15 is 0 Å². The molecule has 1 N–H and O–H groups in total. The lowest BCUT2D eigenvalue weighted by atomic mass is 10.0. The smallest absolute Gasteiger partial charge is 0.0462 e. The van der Waals surface area contributed by atoms with Crippen molar-refractivity contribution in [2.75, 3.05) is 39.9 Å². The lowest BCUT2D eigenvalue weighted by Crippen LogP contribution is -2.38. The predicted molar refractivity (Wildman–Crippen MR) is 73.5 cm³/mol. The molecule has 1 rings (SSSR count). The molecule has 0 spiro atoms. The van der Waals surface area contributed by atoms with Crippen molar-refractivity contribution in [2.24, 2.45) is 0 Å². The Labute approximate surface area is 107 Å². The first-order chi connectivity index (χ1) is 8.34. The zero-order valence-electron chi connectivity index (χ0n) is 11.7. The molecule has 1 aliphatic heterocycles. The molecule has 3 nitrogen and oxygen atoms in total. The number of ether oxygens (including phenoxy) is 1. The second kappa shape index (κ2) is 9.86. The normalized spacial score (nSPS) is 21.9. The van der Waals surface area contributed by atoms with E-state index in [-0.39, 0.29) is 0 Å². The lowest BCUT2D eigenvalue weighted by molar-refractivity contribution is 0.158. The fourth-order valence-electron chi connectivity index (χ4n) is 2.52. The van der Waals surface area contributed by atoms with Crippen LogP contribution in [0.1, 0.15) is 45.4 Å². The summed E-state index contributed by atoms with van der Waals surface area (Å²) in [4.78, 5) is 2.65. The maximum atomic E-state index is 5.03. The Balaban J connectivity index is 1.86. The SMILES string of the molecule is COCCCCNCCCN1CCCCC1C. The Morgan fingerprint density at radius 1 is 1.18 bits per heavy atom. The van der Waals surface area contributed by atoms with E-state index in [9.17, 15) is 0 Å². The van der Waals surface area contributed by atoms with Crippen LogP contribution in [0.2, 0.25) is 0 Å². The molecule has 1 saturated heterocycles. The number of nitrogens with zero attached hydrogens (tertiary/aromatic N) is 1. The Kier molecular flexibility index (Phi) is 8.67. The standard InChI is InChI=1S/C14H30N2O/c1-14-8-3-5-11-16(14)12-7-10-15-9-4-6-13-17-2/h14-15H,3-13H2,1-2H3. The van der Waals surface area contributed by atoms with Gasteiger partial charge < -0.3 is 15.0 Å². The van der Waals surface area contributed by atoms with Gasteiger partial charge in [0.2, 0.25) is 0 Å². The van der Waals surface area contributed by atoms with Crippen LogP contribution < -0.4 is 5.32 Å². The zero-order valence-corrected chi connectivity index (χ0v) is 11.7. The third-order valence-corrected chi connectivity index (χ3v) is 3.69. The Morgan fingerprint density at radius 2 is 2.00 bits per heavy atom. The summed E-state index contributed by atoms with van der Waals surface area (Å²) in [5.74, 6) is 0. The number of hydrogen-bond acceptors (Lipinski definition) is 3. The Morgan fingerprint density at radius 3 is 2.76 bits per heavy atom. The average Bonchev–Trinajstić information content (AvgIpc) is 2.35. The first-order valence-electron chi connectivity index (χ1n) is 7.28. The molecule has 1 unspecified atom stereocenters. The van der Waals surface area contributed by atoms with E-state index in [1.54, 1.807) is 7.11 Å². The molecular formula is C14H30N2O. The minimum atomic E-state index is 0.811. The molecule has 0 radical (unpaired) electrons. The van der Waals surface area contributed by atoms with Crippen molar-refractivity contribution in [2.45, 2.75) is 51.5 Å². The Hall–Kier alpha value is -0.120. The average molecular weight is 242 g/mol. The van der Waals surface area contributed by atoms with Gasteiger partial charge in [0.1, 0.15) is 0 Å². The highest BCUT2D eigenvalue weighted by molar-refractivity contribution is 4.72. The van der Waals surface area contributed by atoms with Gasteiger partial charge in [0.05, 0.1) is 0 Å². The first-order valence-corrected chi connectivity index (χ1v) is 7.28. The summed E-state index contributed by atoms with van der Waals surface area (Å²) in [6.45, 7) is 8.15. The molecule has 0 saturated carbocycles. The molecule has 17 heavy (non-hydrogen) atoms. The van der Waals surface area contributed by atoms with Crippen molar-refractivity contribution in [3.8, 4) is 0 Å². The highest BCUT2D eigenvalue weighted by atomic mass is 16.5. The van der Waals surface area contributed by atoms with Gasteiger partial charge in [0, 0.05) is 19.8 Å². The van der Waals surface area contributed by atoms with Gasteiger partial charge in [-0.05, 0) is 65.2 Å². The van der Waals surface area contributed by atoms with Crippen molar-refractivity contribution in [3.05, 3.63) is 0 Å². The summed E-state index contributed by atoms with van der Waals surface area (Å²) < 4.78 is 5.03. The van der Waals surface area contributed by atoms with Crippen LogP contribution in [0.25, 0.3) is 0 Å². The van der Waals surface area contributed by atoms with Gasteiger partial charge in [-0.2, -0.15) is 0 Å². The molecule has 0 amide bonds. The van der Waals surface area contributed by atoms with E-state index in [1.165, 1.54) is 51.6 Å². The number of hydrogen-bond donors (Lipinski definition) is 1. The molecule has 0 aromatic rings. The highest BCUT2D eigenvalue weighted by Crippen LogP contribution is 2.15. The molecule has 0 aliphatic carbocycles. The van der Waals surface area contributed by atoms with Gasteiger partial charge in [-0.15, -0.1) is 0 Å². The number of unbranched alkanes of at least 4 members (excludes halogenated alkanes) is 1. The summed E-state index contributed by atoms with van der Waals surface area (Å²) in [6.07, 6.45) is 7.91. The largest absolute Gasteiger partial charge is 0.385 e. The van der Waals surface area contributed by atoms with Gasteiger partial charge in [0.15, 0.2) is 0 Å². The fraction of sp³-hybridized carbons (Fsp3) is 1.00. The minimum absolute atomic E-state index is 0.811. The van der Waals surface area contributed by atoms with Gasteiger partial charge in [-0.25, -0.2) is 0 Å². The maximum absolute atomic E-state index is 5.03. The van der Waals surface area contributed by atoms with Crippen LogP contribution in [0.15, 0.2) is 0 Å². The van der Waals surface area contributed by atoms with Crippen LogP contribution in [0.3, 0.4) is 0 Å². The van der Waals surface area contributed by atoms with E-state index in [1.807, 2.05) is 0 Å². The molecule has 102 valence electrons. The van der Waals surface area contributed by atoms with Crippen molar-refractivity contribution >= 4 is 0 Å². The van der Waals surface area contributed by atoms with E-state index in [0.717, 1.165) is 25.7 Å². The van der Waals surface area contributed by atoms with Crippen LogP contribution in [-0.4, -0.2) is 50.8 Å². The third kappa shape index (κ3) is 7.02. The van der Waals surface area contributed by atoms with Gasteiger partial charge >= 0.3 is 0 Å². The van der Waals surface area contributed by atoms with Gasteiger partial charge in [0.25, 0.3) is 0 Å². The van der Waals surface area contributed by atoms with Crippen molar-refractivity contribution in [1.29, 1.82) is 0 Å². The van der Waals surface area contributed by atoms with Crippen molar-refractivity contribution in [3.63, 3.8) is 0 Å². The van der Waals surface area contributed by atoms with E-state index in [0.29, 0.717) is 0 Å². The monoisotopic (exact) mass is 242 g/mol. The number of rotatable bonds is 9. The highest BCUT2D eigenvalue weighted by Gasteiger charge is 2.16. The van der Waals surface area contributed by atoms with Crippen LogP contribution in [0.5, 0.6) is 0 Å². The molecule has 3 heteroatoms. The topological polar surface area (TPSA) is 24.5 Å². The lowest BCUT2D eigenvalue weighted by Gasteiger charge is -2.33. The molecule has 0 bridgehead atoms. The van der Waals surface area contributed by atoms with Crippen LogP contribution in [0, 0.1) is 0 Å². The predicted octanol–water partition coefficient (Wildman–Crippen LogP) is 2.27. The van der Waals surface area contributed by atoms with E-state index in [2.05, 4.69) is 17.1 Å². The number of nitrogens with one attached hydrogen (secondary N) is 1. The zero-order chi connectivity index (χ0) is 12.3. The van der Waals surface area contributed by atoms with Crippen LogP contribution >= 0.6 is 0 Å². The molecule has 1 aliphatic rings. The summed E-state index contributed by atoms with van der Waals surface area (Å²) in [5, 5.41) is 3.52. The second-order valence-corrected chi connectivity index (χ2v) is 5.18. The molecule has 1 fully saturated rings. The number of likely N-dealkylation sites (tertiary alicyclic amines) is 1. The summed E-state index contributed by atoms with van der Waals surface area (Å²) in [5.41, 5.74) is 0. The minimum Gasteiger partial charge on any atom is -0.385 e. The van der Waals surface area contributed by atoms with E-state index < -0.39 is 0 Å². The maximum Gasteiger partial charge on any atom is 0.0462 e. The molecule has 0 aromatic heterocycles. The molecule has 1 atom stereocenters. The van der Waals surface area contributed by atoms with E-state index in [4.69, 9.17) is 4.74 Å². The molecule has 0 aromatic carbocycles. The molecular weight excluding hydrogens is 212 g/mol. The molecule has 1 heterocycles. The van der Waals surface area contributed by atoms with Crippen molar-refractivity contribution < 1.29 is 4.74 Å². The first kappa shape index (κ1) is 14.9. The summed E-state index contributed by atoms with van der Waals surface area (Å²) in [7, 11) is 1.77. The fourth-order valence-corrected chi connectivity index (χ4v) is 2.52. The second-order valence-electron chi connectivity index (χ2n) is 5.18. The quantitative estimate of drug-likeness (QED) is 0.628. The Bertz CT molecular complexity index is 176. The van der Waals surface area contributed by atoms with Crippen LogP contribution in [-0.2, 0) is 4.74 Å². The van der Waals surface area contributed by atoms with Crippen molar-refractivity contribution in [1.82, 2.24) is 10.2 Å². The third-order valence-electron chi connectivity index (χ3n) is 3.69. The number of methoxy groups -OCH3 is 1.